The van der Waals surface area contributed by atoms with Crippen LogP contribution in [0.3, 0.4) is 0 Å². The van der Waals surface area contributed by atoms with Gasteiger partial charge in [-0.1, -0.05) is 13.8 Å². The van der Waals surface area contributed by atoms with Crippen molar-refractivity contribution < 1.29 is 53.7 Å². The van der Waals surface area contributed by atoms with Crippen LogP contribution in [-0.2, 0) is 24.2 Å². The second-order valence-electron chi connectivity index (χ2n) is 8.53. The predicted octanol–water partition coefficient (Wildman–Crippen LogP) is 7.08. The molecule has 0 radical (unpaired) electrons. The van der Waals surface area contributed by atoms with Gasteiger partial charge in [-0.05, 0) is 53.8 Å². The van der Waals surface area contributed by atoms with E-state index in [1.165, 1.54) is 21.0 Å². The van der Waals surface area contributed by atoms with Crippen molar-refractivity contribution in [1.82, 2.24) is 0 Å². The lowest BCUT2D eigenvalue weighted by Gasteiger charge is -2.38. The van der Waals surface area contributed by atoms with E-state index in [4.69, 9.17) is 4.74 Å². The summed E-state index contributed by atoms with van der Waals surface area (Å²) in [6.07, 6.45) is -18.8. The zero-order valence-corrected chi connectivity index (χ0v) is 18.0. The summed E-state index contributed by atoms with van der Waals surface area (Å²) >= 11 is 0. The molecule has 34 heavy (non-hydrogen) atoms. The van der Waals surface area contributed by atoms with Crippen LogP contribution < -0.4 is 4.74 Å². The number of methoxy groups -OCH3 is 1. The normalized spacial score (nSPS) is 15.2. The smallest absolute Gasteiger partial charge is 0.417 e. The van der Waals surface area contributed by atoms with Gasteiger partial charge in [0.25, 0.3) is 0 Å². The molecular weight excluding hydrogens is 486 g/mol. The van der Waals surface area contributed by atoms with Crippen molar-refractivity contribution >= 4 is 0 Å². The minimum absolute atomic E-state index is 0.0191. The lowest BCUT2D eigenvalue weighted by Crippen LogP contribution is -2.51. The zero-order valence-electron chi connectivity index (χ0n) is 18.0. The first-order chi connectivity index (χ1) is 15.2. The van der Waals surface area contributed by atoms with E-state index in [2.05, 4.69) is 0 Å². The summed E-state index contributed by atoms with van der Waals surface area (Å²) in [5.41, 5.74) is -10.2. The zero-order chi connectivity index (χ0) is 26.3. The van der Waals surface area contributed by atoms with E-state index >= 15 is 0 Å². The summed E-state index contributed by atoms with van der Waals surface area (Å²) in [5, 5.41) is 10.6. The average Bonchev–Trinajstić information content (AvgIpc) is 2.65. The van der Waals surface area contributed by atoms with Gasteiger partial charge in [0.2, 0.25) is 0 Å². The molecule has 0 fully saturated rings. The maximum atomic E-state index is 14.0. The lowest BCUT2D eigenvalue weighted by molar-refractivity contribution is -0.266. The molecule has 2 rings (SSSR count). The quantitative estimate of drug-likeness (QED) is 0.425. The molecule has 2 aromatic rings. The predicted molar refractivity (Wildman–Crippen MR) is 102 cm³/mol. The molecule has 1 N–H and O–H groups in total. The highest BCUT2D eigenvalue weighted by Crippen LogP contribution is 2.46. The fourth-order valence-corrected chi connectivity index (χ4v) is 3.76. The van der Waals surface area contributed by atoms with Crippen LogP contribution in [0.5, 0.6) is 5.75 Å². The molecular formula is C22H20F10O2. The van der Waals surface area contributed by atoms with Gasteiger partial charge >= 0.3 is 18.5 Å². The molecule has 0 aliphatic carbocycles. The number of aliphatic hydroxyl groups is 1. The monoisotopic (exact) mass is 506 g/mol. The molecule has 0 heterocycles. The summed E-state index contributed by atoms with van der Waals surface area (Å²) in [4.78, 5) is 0. The van der Waals surface area contributed by atoms with Gasteiger partial charge in [0.15, 0.2) is 5.60 Å². The van der Waals surface area contributed by atoms with Gasteiger partial charge in [0.05, 0.1) is 18.2 Å². The topological polar surface area (TPSA) is 29.5 Å². The summed E-state index contributed by atoms with van der Waals surface area (Å²) < 4.78 is 139. The third kappa shape index (κ3) is 6.13. The Bertz CT molecular complexity index is 990. The fourth-order valence-electron chi connectivity index (χ4n) is 3.76. The summed E-state index contributed by atoms with van der Waals surface area (Å²) in [6.45, 7) is 2.41. The van der Waals surface area contributed by atoms with E-state index in [9.17, 15) is 49.0 Å². The van der Waals surface area contributed by atoms with Crippen molar-refractivity contribution in [3.05, 3.63) is 64.5 Å². The van der Waals surface area contributed by atoms with Crippen molar-refractivity contribution in [3.8, 4) is 5.75 Å². The molecule has 0 aliphatic rings. The van der Waals surface area contributed by atoms with Gasteiger partial charge in [-0.25, -0.2) is 4.39 Å². The maximum Gasteiger partial charge on any atom is 0.417 e. The molecule has 1 unspecified atom stereocenters. The molecule has 12 heteroatoms. The molecule has 2 nitrogen and oxygen atoms in total. The van der Waals surface area contributed by atoms with E-state index in [1.807, 2.05) is 0 Å². The van der Waals surface area contributed by atoms with Crippen molar-refractivity contribution in [2.75, 3.05) is 7.11 Å². The average molecular weight is 506 g/mol. The van der Waals surface area contributed by atoms with Gasteiger partial charge in [-0.3, -0.25) is 0 Å². The van der Waals surface area contributed by atoms with Crippen LogP contribution >= 0.6 is 0 Å². The highest BCUT2D eigenvalue weighted by Gasteiger charge is 2.56. The first-order valence-corrected chi connectivity index (χ1v) is 9.61. The minimum atomic E-state index is -5.46. The largest absolute Gasteiger partial charge is 0.496 e. The van der Waals surface area contributed by atoms with Crippen LogP contribution in [0.1, 0.15) is 42.5 Å². The number of hydrogen-bond acceptors (Lipinski definition) is 2. The van der Waals surface area contributed by atoms with Gasteiger partial charge in [0.1, 0.15) is 11.6 Å². The van der Waals surface area contributed by atoms with Crippen LogP contribution in [-0.4, -0.2) is 24.0 Å². The van der Waals surface area contributed by atoms with Crippen LogP contribution in [0, 0.1) is 5.82 Å². The molecule has 0 aliphatic heterocycles. The maximum absolute atomic E-state index is 14.0. The highest BCUT2D eigenvalue weighted by molar-refractivity contribution is 5.40. The summed E-state index contributed by atoms with van der Waals surface area (Å²) in [6, 6.07) is 3.03. The number of rotatable bonds is 6. The Morgan fingerprint density at radius 2 is 1.29 bits per heavy atom. The third-order valence-electron chi connectivity index (χ3n) is 5.30. The van der Waals surface area contributed by atoms with Crippen LogP contribution in [0.2, 0.25) is 0 Å². The van der Waals surface area contributed by atoms with Crippen LogP contribution in [0.4, 0.5) is 43.9 Å². The number of hydrogen-bond donors (Lipinski definition) is 1. The fraction of sp³-hybridized carbons (Fsp3) is 0.455. The Balaban J connectivity index is 2.61. The lowest BCUT2D eigenvalue weighted by atomic mass is 9.72. The number of halogens is 10. The molecule has 0 spiro atoms. The van der Waals surface area contributed by atoms with Crippen LogP contribution in [0.25, 0.3) is 0 Å². The van der Waals surface area contributed by atoms with Gasteiger partial charge in [0, 0.05) is 12.0 Å². The van der Waals surface area contributed by atoms with Crippen molar-refractivity contribution in [1.29, 1.82) is 0 Å². The molecule has 1 atom stereocenters. The summed E-state index contributed by atoms with van der Waals surface area (Å²) in [7, 11) is 1.17. The highest BCUT2D eigenvalue weighted by atomic mass is 19.4. The molecule has 0 saturated heterocycles. The Hall–Kier alpha value is -2.50. The second kappa shape index (κ2) is 8.94. The van der Waals surface area contributed by atoms with Crippen LogP contribution in [0.15, 0.2) is 36.4 Å². The molecule has 0 amide bonds. The van der Waals surface area contributed by atoms with Gasteiger partial charge < -0.3 is 9.84 Å². The minimum Gasteiger partial charge on any atom is -0.496 e. The molecule has 190 valence electrons. The van der Waals surface area contributed by atoms with E-state index in [0.29, 0.717) is 0 Å². The van der Waals surface area contributed by atoms with E-state index in [-0.39, 0.29) is 29.5 Å². The van der Waals surface area contributed by atoms with Crippen molar-refractivity contribution in [3.63, 3.8) is 0 Å². The second-order valence-corrected chi connectivity index (χ2v) is 8.53. The Morgan fingerprint density at radius 3 is 1.71 bits per heavy atom. The van der Waals surface area contributed by atoms with E-state index in [1.54, 1.807) is 0 Å². The third-order valence-corrected chi connectivity index (χ3v) is 5.30. The van der Waals surface area contributed by atoms with E-state index in [0.717, 1.165) is 18.2 Å². The molecule has 0 aromatic heterocycles. The molecule has 0 bridgehead atoms. The Morgan fingerprint density at radius 1 is 0.794 bits per heavy atom. The first-order valence-electron chi connectivity index (χ1n) is 9.61. The first kappa shape index (κ1) is 27.7. The Kier molecular flexibility index (Phi) is 7.29. The van der Waals surface area contributed by atoms with Gasteiger partial charge in [-0.2, -0.15) is 39.5 Å². The van der Waals surface area contributed by atoms with Crippen molar-refractivity contribution in [2.45, 2.75) is 56.2 Å². The number of alkyl halides is 9. The molecule has 2 aromatic carbocycles. The van der Waals surface area contributed by atoms with E-state index < -0.39 is 64.9 Å². The van der Waals surface area contributed by atoms with Crippen molar-refractivity contribution in [2.24, 2.45) is 0 Å². The van der Waals surface area contributed by atoms with Gasteiger partial charge in [-0.15, -0.1) is 0 Å². The number of benzene rings is 2. The SMILES string of the molecule is COc1ccc(F)cc1C(C)(C)CC(O)(Cc1cc(C(F)(F)F)cc(C(F)(F)F)c1)C(F)(F)F. The Labute approximate surface area is 188 Å². The molecule has 0 saturated carbocycles. The number of ether oxygens (including phenoxy) is 1. The standard InChI is InChI=1S/C22H20F10O2/c1-18(2,16-9-15(23)4-5-17(16)34-3)11-19(33,22(30,31)32)10-12-6-13(20(24,25)26)8-14(7-12)21(27,28)29/h4-9,33H,10-11H2,1-3H3. The summed E-state index contributed by atoms with van der Waals surface area (Å²) in [5.74, 6) is -0.846.